The molecule has 2 rings (SSSR count). The van der Waals surface area contributed by atoms with Crippen LogP contribution in [-0.4, -0.2) is 44.6 Å². The molecule has 0 heterocycles. The molecule has 1 aromatic carbocycles. The molecule has 25 heavy (non-hydrogen) atoms. The zero-order chi connectivity index (χ0) is 18.8. The van der Waals surface area contributed by atoms with Crippen LogP contribution >= 0.6 is 11.6 Å². The highest BCUT2D eigenvalue weighted by Crippen LogP contribution is 2.64. The van der Waals surface area contributed by atoms with Gasteiger partial charge in [0.1, 0.15) is 0 Å². The minimum absolute atomic E-state index is 0.0339. The number of rotatable bonds is 7. The van der Waals surface area contributed by atoms with Gasteiger partial charge >= 0.3 is 11.9 Å². The zero-order valence-corrected chi connectivity index (χ0v) is 15.9. The first-order valence-corrected chi connectivity index (χ1v) is 10.2. The second-order valence-corrected chi connectivity index (χ2v) is 8.56. The second kappa shape index (κ2) is 7.33. The van der Waals surface area contributed by atoms with Crippen LogP contribution in [0.5, 0.6) is 0 Å². The first-order chi connectivity index (χ1) is 11.8. The van der Waals surface area contributed by atoms with Gasteiger partial charge in [0, 0.05) is 16.7 Å². The molecule has 1 fully saturated rings. The van der Waals surface area contributed by atoms with Gasteiger partial charge < -0.3 is 9.47 Å². The Morgan fingerprint density at radius 2 is 1.52 bits per heavy atom. The SMILES string of the molecule is CCOC(=O)C1(C(=O)OCC)[C@@H](c2ccc(Cl)cc2)[C@@H]1S(=O)(=O)CC. The Kier molecular flexibility index (Phi) is 5.79. The second-order valence-electron chi connectivity index (χ2n) is 5.71. The van der Waals surface area contributed by atoms with Crippen molar-refractivity contribution in [1.82, 2.24) is 0 Å². The van der Waals surface area contributed by atoms with Crippen LogP contribution in [0.2, 0.25) is 5.02 Å². The summed E-state index contributed by atoms with van der Waals surface area (Å²) in [6.45, 7) is 4.74. The number of sulfone groups is 1. The van der Waals surface area contributed by atoms with E-state index in [1.54, 1.807) is 38.1 Å². The van der Waals surface area contributed by atoms with E-state index in [0.29, 0.717) is 10.6 Å². The van der Waals surface area contributed by atoms with Gasteiger partial charge in [-0.1, -0.05) is 30.7 Å². The average Bonchev–Trinajstić information content (AvgIpc) is 3.28. The molecular formula is C17H21ClO6S. The fourth-order valence-electron chi connectivity index (χ4n) is 3.20. The highest BCUT2D eigenvalue weighted by molar-refractivity contribution is 7.92. The third-order valence-electron chi connectivity index (χ3n) is 4.38. The first-order valence-electron chi connectivity index (χ1n) is 8.08. The van der Waals surface area contributed by atoms with Crippen molar-refractivity contribution in [3.05, 3.63) is 34.9 Å². The maximum Gasteiger partial charge on any atom is 0.325 e. The lowest BCUT2D eigenvalue weighted by molar-refractivity contribution is -0.164. The molecular weight excluding hydrogens is 368 g/mol. The molecule has 1 aliphatic rings. The number of hydrogen-bond donors (Lipinski definition) is 0. The van der Waals surface area contributed by atoms with Gasteiger partial charge in [0.2, 0.25) is 0 Å². The molecule has 1 saturated carbocycles. The average molecular weight is 389 g/mol. The van der Waals surface area contributed by atoms with Crippen molar-refractivity contribution in [3.63, 3.8) is 0 Å². The molecule has 1 aliphatic carbocycles. The van der Waals surface area contributed by atoms with Crippen LogP contribution in [0.1, 0.15) is 32.3 Å². The summed E-state index contributed by atoms with van der Waals surface area (Å²) in [6.07, 6.45) is 0. The Bertz CT molecular complexity index is 738. The molecule has 138 valence electrons. The van der Waals surface area contributed by atoms with Crippen molar-refractivity contribution in [2.24, 2.45) is 5.41 Å². The summed E-state index contributed by atoms with van der Waals surface area (Å²) >= 11 is 5.88. The largest absolute Gasteiger partial charge is 0.465 e. The number of esters is 2. The maximum absolute atomic E-state index is 12.7. The third kappa shape index (κ3) is 3.27. The first kappa shape index (κ1) is 19.7. The Morgan fingerprint density at radius 3 is 1.92 bits per heavy atom. The van der Waals surface area contributed by atoms with Gasteiger partial charge in [0.05, 0.1) is 18.5 Å². The summed E-state index contributed by atoms with van der Waals surface area (Å²) in [4.78, 5) is 25.3. The number of carbonyl (C=O) groups is 2. The van der Waals surface area contributed by atoms with Crippen molar-refractivity contribution < 1.29 is 27.5 Å². The monoisotopic (exact) mass is 388 g/mol. The van der Waals surface area contributed by atoms with Gasteiger partial charge in [0.15, 0.2) is 15.3 Å². The van der Waals surface area contributed by atoms with E-state index in [1.165, 1.54) is 6.92 Å². The van der Waals surface area contributed by atoms with Crippen molar-refractivity contribution in [2.75, 3.05) is 19.0 Å². The molecule has 0 aromatic heterocycles. The Morgan fingerprint density at radius 1 is 1.04 bits per heavy atom. The van der Waals surface area contributed by atoms with E-state index in [-0.39, 0.29) is 19.0 Å². The molecule has 0 amide bonds. The Hall–Kier alpha value is -1.60. The van der Waals surface area contributed by atoms with E-state index < -0.39 is 38.4 Å². The summed E-state index contributed by atoms with van der Waals surface area (Å²) in [5.41, 5.74) is -1.33. The Balaban J connectivity index is 2.61. The quantitative estimate of drug-likeness (QED) is 0.526. The number of carbonyl (C=O) groups excluding carboxylic acids is 2. The van der Waals surface area contributed by atoms with Gasteiger partial charge in [-0.3, -0.25) is 9.59 Å². The highest BCUT2D eigenvalue weighted by atomic mass is 35.5. The van der Waals surface area contributed by atoms with Crippen LogP contribution in [0.25, 0.3) is 0 Å². The molecule has 0 radical (unpaired) electrons. The number of hydrogen-bond acceptors (Lipinski definition) is 6. The lowest BCUT2D eigenvalue weighted by Crippen LogP contribution is -2.36. The van der Waals surface area contributed by atoms with E-state index in [0.717, 1.165) is 0 Å². The van der Waals surface area contributed by atoms with Gasteiger partial charge in [-0.2, -0.15) is 0 Å². The maximum atomic E-state index is 12.7. The molecule has 8 heteroatoms. The van der Waals surface area contributed by atoms with Crippen LogP contribution in [-0.2, 0) is 28.9 Å². The van der Waals surface area contributed by atoms with Crippen molar-refractivity contribution in [3.8, 4) is 0 Å². The number of halogens is 1. The summed E-state index contributed by atoms with van der Waals surface area (Å²) < 4.78 is 35.3. The Labute approximate surface area is 152 Å². The summed E-state index contributed by atoms with van der Waals surface area (Å²) in [5, 5.41) is -0.735. The van der Waals surface area contributed by atoms with Gasteiger partial charge in [-0.15, -0.1) is 0 Å². The van der Waals surface area contributed by atoms with Crippen molar-refractivity contribution in [2.45, 2.75) is 31.9 Å². The summed E-state index contributed by atoms with van der Waals surface area (Å²) in [7, 11) is -3.70. The van der Waals surface area contributed by atoms with E-state index in [4.69, 9.17) is 21.1 Å². The predicted molar refractivity (Wildman–Crippen MR) is 93.1 cm³/mol. The van der Waals surface area contributed by atoms with E-state index in [2.05, 4.69) is 0 Å². The van der Waals surface area contributed by atoms with E-state index in [1.807, 2.05) is 0 Å². The van der Waals surface area contributed by atoms with Crippen LogP contribution in [0.4, 0.5) is 0 Å². The van der Waals surface area contributed by atoms with Crippen LogP contribution in [0.15, 0.2) is 24.3 Å². The summed E-state index contributed by atoms with van der Waals surface area (Å²) in [5.74, 6) is -2.78. The third-order valence-corrected chi connectivity index (χ3v) is 6.85. The molecule has 0 bridgehead atoms. The van der Waals surface area contributed by atoms with Crippen molar-refractivity contribution >= 4 is 33.4 Å². The smallest absolute Gasteiger partial charge is 0.325 e. The molecule has 6 nitrogen and oxygen atoms in total. The minimum Gasteiger partial charge on any atom is -0.465 e. The van der Waals surface area contributed by atoms with E-state index >= 15 is 0 Å². The molecule has 0 spiro atoms. The van der Waals surface area contributed by atoms with E-state index in [9.17, 15) is 18.0 Å². The fraction of sp³-hybridized carbons (Fsp3) is 0.529. The molecule has 0 saturated heterocycles. The lowest BCUT2D eigenvalue weighted by atomic mass is 9.99. The predicted octanol–water partition coefficient (Wildman–Crippen LogP) is 2.35. The zero-order valence-electron chi connectivity index (χ0n) is 14.3. The molecule has 1 aromatic rings. The fourth-order valence-corrected chi connectivity index (χ4v) is 5.30. The van der Waals surface area contributed by atoms with Crippen LogP contribution in [0.3, 0.4) is 0 Å². The number of ether oxygens (including phenoxy) is 2. The van der Waals surface area contributed by atoms with Gasteiger partial charge in [-0.05, 0) is 31.5 Å². The molecule has 2 atom stereocenters. The van der Waals surface area contributed by atoms with Crippen LogP contribution < -0.4 is 0 Å². The van der Waals surface area contributed by atoms with Gasteiger partial charge in [-0.25, -0.2) is 8.42 Å². The topological polar surface area (TPSA) is 86.7 Å². The normalized spacial score (nSPS) is 21.4. The van der Waals surface area contributed by atoms with Crippen molar-refractivity contribution in [1.29, 1.82) is 0 Å². The highest BCUT2D eigenvalue weighted by Gasteiger charge is 2.81. The summed E-state index contributed by atoms with van der Waals surface area (Å²) in [6, 6.07) is 6.41. The number of benzene rings is 1. The molecule has 0 aliphatic heterocycles. The standard InChI is InChI=1S/C17H21ClO6S/c1-4-23-15(19)17(16(20)24-5-2)13(14(17)25(21,22)6-3)11-7-9-12(18)10-8-11/h7-10,13-14H,4-6H2,1-3H3/t13-,14-/m0/s1. The van der Waals surface area contributed by atoms with Gasteiger partial charge in [0.25, 0.3) is 0 Å². The lowest BCUT2D eigenvalue weighted by Gasteiger charge is -2.15. The van der Waals surface area contributed by atoms with Crippen LogP contribution in [0, 0.1) is 5.41 Å². The molecule has 0 N–H and O–H groups in total. The molecule has 0 unspecified atom stereocenters. The minimum atomic E-state index is -3.70.